The van der Waals surface area contributed by atoms with Crippen molar-refractivity contribution >= 4 is 8.32 Å². The summed E-state index contributed by atoms with van der Waals surface area (Å²) in [6.45, 7) is 14.2. The van der Waals surface area contributed by atoms with Gasteiger partial charge >= 0.3 is 0 Å². The van der Waals surface area contributed by atoms with Crippen molar-refractivity contribution in [1.29, 1.82) is 0 Å². The lowest BCUT2D eigenvalue weighted by Gasteiger charge is -2.45. The molecule has 1 rings (SSSR count). The van der Waals surface area contributed by atoms with Crippen LogP contribution >= 0.6 is 0 Å². The minimum Gasteiger partial charge on any atom is -0.410 e. The van der Waals surface area contributed by atoms with Crippen LogP contribution in [0.25, 0.3) is 0 Å². The lowest BCUT2D eigenvalue weighted by Crippen LogP contribution is -2.52. The molecule has 0 aromatic rings. The van der Waals surface area contributed by atoms with Gasteiger partial charge in [-0.1, -0.05) is 27.4 Å². The minimum atomic E-state index is -2.00. The molecule has 1 fully saturated rings. The average molecular weight is 288 g/mol. The molecule has 112 valence electrons. The highest BCUT2D eigenvalue weighted by Crippen LogP contribution is 2.41. The average Bonchev–Trinajstić information content (AvgIpc) is 2.23. The summed E-state index contributed by atoms with van der Waals surface area (Å²) in [5, 5.41) is 29.5. The van der Waals surface area contributed by atoms with Crippen LogP contribution in [0.15, 0.2) is 12.2 Å². The molecule has 3 N–H and O–H groups in total. The maximum atomic E-state index is 10.2. The van der Waals surface area contributed by atoms with Crippen molar-refractivity contribution in [3.8, 4) is 0 Å². The lowest BCUT2D eigenvalue weighted by atomic mass is 9.79. The number of hydrogen-bond acceptors (Lipinski definition) is 4. The molecule has 0 aromatic carbocycles. The van der Waals surface area contributed by atoms with Crippen LogP contribution in [-0.4, -0.2) is 48.1 Å². The van der Waals surface area contributed by atoms with E-state index in [9.17, 15) is 15.3 Å². The lowest BCUT2D eigenvalue weighted by molar-refractivity contribution is -0.0875. The summed E-state index contributed by atoms with van der Waals surface area (Å²) in [7, 11) is -2.00. The highest BCUT2D eigenvalue weighted by molar-refractivity contribution is 6.74. The van der Waals surface area contributed by atoms with Crippen LogP contribution in [-0.2, 0) is 4.43 Å². The number of hydrogen-bond donors (Lipinski definition) is 3. The van der Waals surface area contributed by atoms with E-state index < -0.39 is 20.0 Å². The Kier molecular flexibility index (Phi) is 4.70. The molecule has 0 aliphatic heterocycles. The molecule has 0 bridgehead atoms. The first kappa shape index (κ1) is 16.9. The molecule has 0 radical (unpaired) electrons. The molecule has 0 amide bonds. The molecule has 0 spiro atoms. The van der Waals surface area contributed by atoms with Gasteiger partial charge in [-0.05, 0) is 23.7 Å². The van der Waals surface area contributed by atoms with Crippen LogP contribution in [0.3, 0.4) is 0 Å². The molecule has 0 unspecified atom stereocenters. The van der Waals surface area contributed by atoms with E-state index in [2.05, 4.69) is 40.4 Å². The quantitative estimate of drug-likeness (QED) is 0.547. The monoisotopic (exact) mass is 288 g/mol. The summed E-state index contributed by atoms with van der Waals surface area (Å²) >= 11 is 0. The third-order valence-electron chi connectivity index (χ3n) is 4.52. The Morgan fingerprint density at radius 2 is 1.89 bits per heavy atom. The van der Waals surface area contributed by atoms with Gasteiger partial charge in [0.1, 0.15) is 0 Å². The molecular formula is C14H28O4Si. The Hall–Kier alpha value is -0.203. The first-order chi connectivity index (χ1) is 8.42. The number of aliphatic hydroxyl groups is 3. The summed E-state index contributed by atoms with van der Waals surface area (Å²) in [6, 6.07) is 0. The second-order valence-corrected chi connectivity index (χ2v) is 12.0. The van der Waals surface area contributed by atoms with Crippen LogP contribution in [0.1, 0.15) is 33.6 Å². The van der Waals surface area contributed by atoms with Crippen molar-refractivity contribution in [2.24, 2.45) is 0 Å². The van der Waals surface area contributed by atoms with Gasteiger partial charge in [-0.25, -0.2) is 0 Å². The molecule has 3 atom stereocenters. The predicted octanol–water partition coefficient (Wildman–Crippen LogP) is 1.81. The third-order valence-corrected chi connectivity index (χ3v) is 9.00. The Labute approximate surface area is 117 Å². The standard InChI is InChI=1S/C14H28O4Si/c1-10-11(16)7-14(17,9-15)8-12(10)18-19(5,6)13(2,3)4/h11-12,15-17H,1,7-9H2,2-6H3/t11-,12-,14-/m1/s1. The molecule has 1 aliphatic carbocycles. The molecule has 0 aromatic heterocycles. The molecule has 0 heterocycles. The van der Waals surface area contributed by atoms with Crippen LogP contribution < -0.4 is 0 Å². The van der Waals surface area contributed by atoms with Crippen molar-refractivity contribution in [1.82, 2.24) is 0 Å². The van der Waals surface area contributed by atoms with E-state index in [1.54, 1.807) is 0 Å². The molecule has 5 heteroatoms. The summed E-state index contributed by atoms with van der Waals surface area (Å²) in [4.78, 5) is 0. The van der Waals surface area contributed by atoms with Gasteiger partial charge in [0.05, 0.1) is 24.4 Å². The molecule has 0 saturated heterocycles. The first-order valence-electron chi connectivity index (χ1n) is 6.80. The van der Waals surface area contributed by atoms with E-state index in [1.807, 2.05) is 0 Å². The van der Waals surface area contributed by atoms with Gasteiger partial charge in [-0.2, -0.15) is 0 Å². The van der Waals surface area contributed by atoms with Crippen LogP contribution in [0.4, 0.5) is 0 Å². The zero-order chi connectivity index (χ0) is 15.1. The third kappa shape index (κ3) is 3.67. The van der Waals surface area contributed by atoms with E-state index in [4.69, 9.17) is 4.43 Å². The highest BCUT2D eigenvalue weighted by atomic mass is 28.4. The van der Waals surface area contributed by atoms with E-state index in [1.165, 1.54) is 0 Å². The molecular weight excluding hydrogens is 260 g/mol. The molecule has 1 aliphatic rings. The number of aliphatic hydroxyl groups excluding tert-OH is 2. The van der Waals surface area contributed by atoms with Crippen molar-refractivity contribution in [2.75, 3.05) is 6.61 Å². The van der Waals surface area contributed by atoms with Crippen molar-refractivity contribution in [3.63, 3.8) is 0 Å². The van der Waals surface area contributed by atoms with Crippen molar-refractivity contribution in [3.05, 3.63) is 12.2 Å². The van der Waals surface area contributed by atoms with Crippen molar-refractivity contribution < 1.29 is 19.7 Å². The van der Waals surface area contributed by atoms with Gasteiger partial charge in [0, 0.05) is 12.8 Å². The van der Waals surface area contributed by atoms with Crippen molar-refractivity contribution in [2.45, 2.75) is 69.6 Å². The normalized spacial score (nSPS) is 33.6. The van der Waals surface area contributed by atoms with Gasteiger partial charge in [0.15, 0.2) is 8.32 Å². The van der Waals surface area contributed by atoms with E-state index in [0.29, 0.717) is 12.0 Å². The zero-order valence-electron chi connectivity index (χ0n) is 12.7. The summed E-state index contributed by atoms with van der Waals surface area (Å²) in [6.07, 6.45) is -0.784. The highest BCUT2D eigenvalue weighted by Gasteiger charge is 2.46. The maximum absolute atomic E-state index is 10.2. The molecule has 19 heavy (non-hydrogen) atoms. The Bertz CT molecular complexity index is 348. The molecule has 1 saturated carbocycles. The fourth-order valence-electron chi connectivity index (χ4n) is 2.04. The van der Waals surface area contributed by atoms with E-state index >= 15 is 0 Å². The summed E-state index contributed by atoms with van der Waals surface area (Å²) in [5.41, 5.74) is -0.656. The van der Waals surface area contributed by atoms with Gasteiger partial charge in [-0.3, -0.25) is 0 Å². The van der Waals surface area contributed by atoms with Crippen LogP contribution in [0.2, 0.25) is 18.1 Å². The fraction of sp³-hybridized carbons (Fsp3) is 0.857. The zero-order valence-corrected chi connectivity index (χ0v) is 13.7. The number of rotatable bonds is 3. The van der Waals surface area contributed by atoms with Gasteiger partial charge in [-0.15, -0.1) is 0 Å². The SMILES string of the molecule is C=C1[C@H](O)C[C@](O)(CO)C[C@H]1O[Si](C)(C)C(C)(C)C. The minimum absolute atomic E-state index is 0.0486. The second kappa shape index (κ2) is 5.29. The Morgan fingerprint density at radius 1 is 1.37 bits per heavy atom. The maximum Gasteiger partial charge on any atom is 0.192 e. The topological polar surface area (TPSA) is 69.9 Å². The van der Waals surface area contributed by atoms with Crippen LogP contribution in [0, 0.1) is 0 Å². The Morgan fingerprint density at radius 3 is 2.32 bits per heavy atom. The van der Waals surface area contributed by atoms with E-state index in [0.717, 1.165) is 0 Å². The first-order valence-corrected chi connectivity index (χ1v) is 9.70. The van der Waals surface area contributed by atoms with Gasteiger partial charge in [0.25, 0.3) is 0 Å². The summed E-state index contributed by atoms with van der Waals surface area (Å²) in [5.74, 6) is 0. The Balaban J connectivity index is 2.90. The van der Waals surface area contributed by atoms with Gasteiger partial charge < -0.3 is 19.7 Å². The largest absolute Gasteiger partial charge is 0.410 e. The van der Waals surface area contributed by atoms with Gasteiger partial charge in [0.2, 0.25) is 0 Å². The smallest absolute Gasteiger partial charge is 0.192 e. The summed E-state index contributed by atoms with van der Waals surface area (Å²) < 4.78 is 6.23. The predicted molar refractivity (Wildman–Crippen MR) is 78.5 cm³/mol. The molecule has 4 nitrogen and oxygen atoms in total. The second-order valence-electron chi connectivity index (χ2n) is 7.25. The van der Waals surface area contributed by atoms with E-state index in [-0.39, 0.29) is 24.2 Å². The van der Waals surface area contributed by atoms with Crippen LogP contribution in [0.5, 0.6) is 0 Å². The fourth-order valence-corrected chi connectivity index (χ4v) is 3.34.